The first-order valence-electron chi connectivity index (χ1n) is 9.34. The van der Waals surface area contributed by atoms with Crippen molar-refractivity contribution in [3.05, 3.63) is 48.9 Å². The van der Waals surface area contributed by atoms with Crippen molar-refractivity contribution in [1.82, 2.24) is 25.2 Å². The molecular formula is C20H19FN6O3. The van der Waals surface area contributed by atoms with Crippen LogP contribution in [-0.4, -0.2) is 55.1 Å². The van der Waals surface area contributed by atoms with Crippen LogP contribution in [0.3, 0.4) is 0 Å². The predicted octanol–water partition coefficient (Wildman–Crippen LogP) is 2.74. The molecule has 0 saturated carbocycles. The molecule has 30 heavy (non-hydrogen) atoms. The van der Waals surface area contributed by atoms with E-state index in [0.717, 1.165) is 0 Å². The minimum atomic E-state index is -0.754. The average Bonchev–Trinajstić information content (AvgIpc) is 3.40. The molecule has 0 spiro atoms. The van der Waals surface area contributed by atoms with Crippen LogP contribution in [0.1, 0.15) is 13.3 Å². The van der Waals surface area contributed by atoms with Crippen molar-refractivity contribution in [2.75, 3.05) is 11.4 Å². The zero-order chi connectivity index (χ0) is 21.3. The Labute approximate surface area is 171 Å². The summed E-state index contributed by atoms with van der Waals surface area (Å²) in [7, 11) is 0. The standard InChI is InChI=1S/C20H19FN6O3/c1-3-17(28)18-11-26(20(29)30-18)13-6-7-14(15(21)9-13)12-5-8-16(22-10-12)19-23-25-27(4-2)24-19/h4-10,17-18,28H,2-3,11H2,1H3/t17?,18-/m1/s1. The van der Waals surface area contributed by atoms with Gasteiger partial charge in [-0.05, 0) is 35.9 Å². The fourth-order valence-corrected chi connectivity index (χ4v) is 3.16. The molecule has 10 heteroatoms. The van der Waals surface area contributed by atoms with Crippen LogP contribution in [-0.2, 0) is 4.74 Å². The topological polar surface area (TPSA) is 106 Å². The molecule has 1 aliphatic rings. The van der Waals surface area contributed by atoms with Gasteiger partial charge in [-0.3, -0.25) is 9.88 Å². The molecule has 4 rings (SSSR count). The van der Waals surface area contributed by atoms with Gasteiger partial charge in [0.05, 0.1) is 18.3 Å². The summed E-state index contributed by atoms with van der Waals surface area (Å²) in [5, 5.41) is 21.6. The highest BCUT2D eigenvalue weighted by molar-refractivity contribution is 5.90. The lowest BCUT2D eigenvalue weighted by atomic mass is 10.1. The van der Waals surface area contributed by atoms with Gasteiger partial charge in [0, 0.05) is 23.5 Å². The summed E-state index contributed by atoms with van der Waals surface area (Å²) in [6.45, 7) is 5.52. The fraction of sp³-hybridized carbons (Fsp3) is 0.250. The largest absolute Gasteiger partial charge is 0.441 e. The monoisotopic (exact) mass is 410 g/mol. The second kappa shape index (κ2) is 7.99. The van der Waals surface area contributed by atoms with E-state index in [2.05, 4.69) is 27.0 Å². The number of pyridine rings is 1. The number of ether oxygens (including phenoxy) is 1. The van der Waals surface area contributed by atoms with Crippen molar-refractivity contribution in [3.63, 3.8) is 0 Å². The number of benzene rings is 1. The van der Waals surface area contributed by atoms with Gasteiger partial charge in [0.2, 0.25) is 5.82 Å². The molecule has 3 aromatic rings. The Hall–Kier alpha value is -3.66. The van der Waals surface area contributed by atoms with Gasteiger partial charge in [-0.2, -0.15) is 0 Å². The second-order valence-corrected chi connectivity index (χ2v) is 6.72. The first-order chi connectivity index (χ1) is 14.5. The van der Waals surface area contributed by atoms with Gasteiger partial charge in [-0.15, -0.1) is 15.0 Å². The first-order valence-corrected chi connectivity index (χ1v) is 9.34. The van der Waals surface area contributed by atoms with E-state index in [1.807, 2.05) is 0 Å². The number of cyclic esters (lactones) is 1. The third-order valence-corrected chi connectivity index (χ3v) is 4.84. The van der Waals surface area contributed by atoms with Crippen LogP contribution in [0, 0.1) is 5.82 Å². The lowest BCUT2D eigenvalue weighted by Gasteiger charge is -2.16. The summed E-state index contributed by atoms with van der Waals surface area (Å²) < 4.78 is 20.0. The second-order valence-electron chi connectivity index (χ2n) is 6.72. The van der Waals surface area contributed by atoms with Crippen LogP contribution in [0.25, 0.3) is 28.8 Å². The Morgan fingerprint density at radius 2 is 2.23 bits per heavy atom. The Bertz CT molecular complexity index is 1080. The molecule has 1 N–H and O–H groups in total. The van der Waals surface area contributed by atoms with E-state index in [0.29, 0.717) is 34.8 Å². The molecule has 1 saturated heterocycles. The number of hydrogen-bond acceptors (Lipinski definition) is 7. The van der Waals surface area contributed by atoms with Gasteiger partial charge in [0.15, 0.2) is 0 Å². The van der Waals surface area contributed by atoms with E-state index < -0.39 is 24.1 Å². The number of aliphatic hydroxyl groups is 1. The Morgan fingerprint density at radius 1 is 1.40 bits per heavy atom. The van der Waals surface area contributed by atoms with Crippen LogP contribution >= 0.6 is 0 Å². The number of rotatable bonds is 6. The Morgan fingerprint density at radius 3 is 2.87 bits per heavy atom. The zero-order valence-corrected chi connectivity index (χ0v) is 16.1. The molecule has 0 radical (unpaired) electrons. The number of tetrazole rings is 1. The van der Waals surface area contributed by atoms with Crippen LogP contribution in [0.15, 0.2) is 43.1 Å². The number of carbonyl (C=O) groups excluding carboxylic acids is 1. The minimum Gasteiger partial charge on any atom is -0.441 e. The highest BCUT2D eigenvalue weighted by atomic mass is 19.1. The van der Waals surface area contributed by atoms with E-state index in [1.165, 1.54) is 28.2 Å². The summed E-state index contributed by atoms with van der Waals surface area (Å²) >= 11 is 0. The van der Waals surface area contributed by atoms with Crippen LogP contribution in [0.4, 0.5) is 14.9 Å². The van der Waals surface area contributed by atoms with Crippen molar-refractivity contribution in [3.8, 4) is 22.6 Å². The summed E-state index contributed by atoms with van der Waals surface area (Å²) in [6, 6.07) is 7.84. The molecule has 1 unspecified atom stereocenters. The number of carbonyl (C=O) groups is 1. The van der Waals surface area contributed by atoms with E-state index in [1.54, 1.807) is 31.2 Å². The van der Waals surface area contributed by atoms with Gasteiger partial charge < -0.3 is 9.84 Å². The van der Waals surface area contributed by atoms with Crippen LogP contribution < -0.4 is 4.90 Å². The SMILES string of the molecule is C=Cn1nnc(-c2ccc(-c3ccc(N4C[C@H](C(O)CC)OC4=O)cc3F)cn2)n1. The van der Waals surface area contributed by atoms with Crippen LogP contribution in [0.5, 0.6) is 0 Å². The summed E-state index contributed by atoms with van der Waals surface area (Å²) in [5.41, 5.74) is 1.74. The Balaban J connectivity index is 1.55. The normalized spacial score (nSPS) is 17.1. The van der Waals surface area contributed by atoms with E-state index in [9.17, 15) is 14.3 Å². The highest BCUT2D eigenvalue weighted by Gasteiger charge is 2.36. The van der Waals surface area contributed by atoms with Gasteiger partial charge >= 0.3 is 6.09 Å². The van der Waals surface area contributed by atoms with E-state index >= 15 is 0 Å². The number of aliphatic hydroxyl groups excluding tert-OH is 1. The summed E-state index contributed by atoms with van der Waals surface area (Å²) in [6.07, 6.45) is 1.39. The van der Waals surface area contributed by atoms with Gasteiger partial charge in [-0.1, -0.05) is 19.6 Å². The van der Waals surface area contributed by atoms with Gasteiger partial charge in [-0.25, -0.2) is 9.18 Å². The van der Waals surface area contributed by atoms with Crippen molar-refractivity contribution >= 4 is 18.0 Å². The fourth-order valence-electron chi connectivity index (χ4n) is 3.16. The maximum absolute atomic E-state index is 14.8. The quantitative estimate of drug-likeness (QED) is 0.666. The molecule has 0 bridgehead atoms. The molecule has 0 aliphatic carbocycles. The molecule has 1 aliphatic heterocycles. The van der Waals surface area contributed by atoms with Gasteiger partial charge in [0.25, 0.3) is 0 Å². The molecular weight excluding hydrogens is 391 g/mol. The zero-order valence-electron chi connectivity index (χ0n) is 16.1. The number of halogens is 1. The molecule has 1 amide bonds. The number of hydrogen-bond donors (Lipinski definition) is 1. The molecule has 2 aromatic heterocycles. The molecule has 1 aromatic carbocycles. The Kier molecular flexibility index (Phi) is 5.23. The minimum absolute atomic E-state index is 0.168. The van der Waals surface area contributed by atoms with Gasteiger partial charge in [0.1, 0.15) is 17.6 Å². The molecule has 2 atom stereocenters. The molecule has 154 valence electrons. The lowest BCUT2D eigenvalue weighted by molar-refractivity contribution is 0.0308. The van der Waals surface area contributed by atoms with E-state index in [-0.39, 0.29) is 6.54 Å². The maximum Gasteiger partial charge on any atom is 0.414 e. The van der Waals surface area contributed by atoms with E-state index in [4.69, 9.17) is 4.74 Å². The number of anilines is 1. The van der Waals surface area contributed by atoms with Crippen LogP contribution in [0.2, 0.25) is 0 Å². The lowest BCUT2D eigenvalue weighted by Crippen LogP contribution is -2.30. The van der Waals surface area contributed by atoms with Crippen molar-refractivity contribution in [2.45, 2.75) is 25.6 Å². The molecule has 9 nitrogen and oxygen atoms in total. The summed E-state index contributed by atoms with van der Waals surface area (Å²) in [4.78, 5) is 18.9. The third-order valence-electron chi connectivity index (χ3n) is 4.84. The maximum atomic E-state index is 14.8. The number of nitrogens with zero attached hydrogens (tertiary/aromatic N) is 6. The predicted molar refractivity (Wildman–Crippen MR) is 107 cm³/mol. The highest BCUT2D eigenvalue weighted by Crippen LogP contribution is 2.30. The molecule has 3 heterocycles. The smallest absolute Gasteiger partial charge is 0.414 e. The summed E-state index contributed by atoms with van der Waals surface area (Å²) in [5.74, 6) is -0.182. The number of amides is 1. The molecule has 1 fully saturated rings. The first kappa shape index (κ1) is 19.6. The van der Waals surface area contributed by atoms with Crippen molar-refractivity contribution in [1.29, 1.82) is 0 Å². The van der Waals surface area contributed by atoms with Crippen molar-refractivity contribution in [2.24, 2.45) is 0 Å². The van der Waals surface area contributed by atoms with Crippen molar-refractivity contribution < 1.29 is 19.0 Å². The third kappa shape index (κ3) is 3.64. The number of aromatic nitrogens is 5. The average molecular weight is 410 g/mol.